The fraction of sp³-hybridized carbons (Fsp3) is 0.304. The van der Waals surface area contributed by atoms with Crippen molar-refractivity contribution in [2.45, 2.75) is 20.3 Å². The Kier molecular flexibility index (Phi) is 7.76. The third-order valence-electron chi connectivity index (χ3n) is 4.63. The van der Waals surface area contributed by atoms with Gasteiger partial charge in [0.15, 0.2) is 5.17 Å². The molecule has 0 saturated carbocycles. The molecule has 3 rings (SSSR count). The van der Waals surface area contributed by atoms with Gasteiger partial charge in [-0.2, -0.15) is 0 Å². The van der Waals surface area contributed by atoms with Crippen LogP contribution in [-0.2, 0) is 14.8 Å². The van der Waals surface area contributed by atoms with Crippen LogP contribution >= 0.6 is 11.8 Å². The molecule has 1 aliphatic heterocycles. The first kappa shape index (κ1) is 24.0. The number of carbonyl (C=O) groups is 1. The highest BCUT2D eigenvalue weighted by Crippen LogP contribution is 2.31. The fourth-order valence-corrected chi connectivity index (χ4v) is 4.72. The van der Waals surface area contributed by atoms with Gasteiger partial charge in [-0.1, -0.05) is 30.0 Å². The Balaban J connectivity index is 1.85. The molecule has 0 saturated heterocycles. The molecule has 0 bridgehead atoms. The van der Waals surface area contributed by atoms with Crippen LogP contribution in [0.15, 0.2) is 53.2 Å². The molecule has 0 aromatic heterocycles. The predicted octanol–water partition coefficient (Wildman–Crippen LogP) is 3.73. The van der Waals surface area contributed by atoms with Gasteiger partial charge < -0.3 is 4.74 Å². The van der Waals surface area contributed by atoms with E-state index in [0.717, 1.165) is 34.4 Å². The Bertz CT molecular complexity index is 1140. The second-order valence-electron chi connectivity index (χ2n) is 7.55. The minimum absolute atomic E-state index is 0.192. The van der Waals surface area contributed by atoms with Crippen LogP contribution in [-0.4, -0.2) is 45.2 Å². The van der Waals surface area contributed by atoms with Crippen LogP contribution in [0, 0.1) is 13.8 Å². The Morgan fingerprint density at radius 2 is 1.78 bits per heavy atom. The third-order valence-corrected chi connectivity index (χ3v) is 6.38. The van der Waals surface area contributed by atoms with Crippen molar-refractivity contribution in [2.24, 2.45) is 4.99 Å². The third kappa shape index (κ3) is 6.44. The van der Waals surface area contributed by atoms with E-state index in [1.54, 1.807) is 18.1 Å². The molecule has 1 N–H and O–H groups in total. The molecule has 2 aromatic carbocycles. The number of nitrogens with one attached hydrogen (secondary N) is 1. The normalized spacial score (nSPS) is 15.4. The van der Waals surface area contributed by atoms with E-state index in [0.29, 0.717) is 29.6 Å². The monoisotopic (exact) mass is 473 g/mol. The fourth-order valence-electron chi connectivity index (χ4n) is 3.25. The topological polar surface area (TPSA) is 88.1 Å². The van der Waals surface area contributed by atoms with E-state index in [1.165, 1.54) is 11.8 Å². The van der Waals surface area contributed by atoms with Crippen molar-refractivity contribution in [2.75, 3.05) is 30.6 Å². The summed E-state index contributed by atoms with van der Waals surface area (Å²) in [6, 6.07) is 13.4. The van der Waals surface area contributed by atoms with Crippen molar-refractivity contribution in [3.8, 4) is 5.75 Å². The molecule has 1 amide bonds. The van der Waals surface area contributed by atoms with Crippen LogP contribution in [0.25, 0.3) is 6.08 Å². The zero-order chi connectivity index (χ0) is 23.3. The van der Waals surface area contributed by atoms with E-state index in [4.69, 9.17) is 4.74 Å². The molecule has 0 atom stereocenters. The van der Waals surface area contributed by atoms with Gasteiger partial charge in [0.25, 0.3) is 5.91 Å². The molecule has 2 aromatic rings. The molecule has 32 heavy (non-hydrogen) atoms. The van der Waals surface area contributed by atoms with E-state index in [2.05, 4.69) is 15.8 Å². The van der Waals surface area contributed by atoms with E-state index in [-0.39, 0.29) is 5.91 Å². The maximum atomic E-state index is 13.3. The van der Waals surface area contributed by atoms with Crippen LogP contribution in [0.1, 0.15) is 23.1 Å². The smallest absolute Gasteiger partial charge is 0.283 e. The molecule has 1 heterocycles. The van der Waals surface area contributed by atoms with Crippen molar-refractivity contribution in [3.63, 3.8) is 0 Å². The molecule has 0 fully saturated rings. The Morgan fingerprint density at radius 1 is 1.12 bits per heavy atom. The summed E-state index contributed by atoms with van der Waals surface area (Å²) in [7, 11) is -1.61. The maximum Gasteiger partial charge on any atom is 0.283 e. The van der Waals surface area contributed by atoms with Crippen molar-refractivity contribution in [1.82, 2.24) is 4.72 Å². The Labute approximate surface area is 193 Å². The zero-order valence-corrected chi connectivity index (χ0v) is 20.2. The summed E-state index contributed by atoms with van der Waals surface area (Å²) in [5, 5.41) is 0.583. The standard InChI is InChI=1S/C23H27N3O4S2/c1-16-12-17(2)14-19(13-16)26-22(27)21(15-18-6-8-20(30-3)9-7-18)25-23(26)31-11-5-10-24-32(4,28)29/h6-9,12-15,24H,5,10-11H2,1-4H3/b21-15-. The lowest BCUT2D eigenvalue weighted by atomic mass is 10.1. The number of amidine groups is 1. The molecule has 7 nitrogen and oxygen atoms in total. The number of aryl methyl sites for hydroxylation is 2. The quantitative estimate of drug-likeness (QED) is 0.466. The van der Waals surface area contributed by atoms with Crippen molar-refractivity contribution < 1.29 is 17.9 Å². The summed E-state index contributed by atoms with van der Waals surface area (Å²) in [4.78, 5) is 19.5. The molecule has 0 radical (unpaired) electrons. The average Bonchev–Trinajstić information content (AvgIpc) is 3.02. The van der Waals surface area contributed by atoms with E-state index >= 15 is 0 Å². The number of thioether (sulfide) groups is 1. The van der Waals surface area contributed by atoms with Gasteiger partial charge in [-0.05, 0) is 67.3 Å². The predicted molar refractivity (Wildman–Crippen MR) is 132 cm³/mol. The number of amides is 1. The summed E-state index contributed by atoms with van der Waals surface area (Å²) in [6.45, 7) is 4.32. The number of rotatable bonds is 8. The Hall–Kier alpha value is -2.62. The molecule has 9 heteroatoms. The van der Waals surface area contributed by atoms with Crippen LogP contribution in [0.2, 0.25) is 0 Å². The second-order valence-corrected chi connectivity index (χ2v) is 10.4. The minimum Gasteiger partial charge on any atom is -0.497 e. The molecular formula is C23H27N3O4S2. The van der Waals surface area contributed by atoms with Crippen molar-refractivity contribution >= 4 is 44.6 Å². The number of ether oxygens (including phenoxy) is 1. The van der Waals surface area contributed by atoms with Crippen LogP contribution < -0.4 is 14.4 Å². The first-order valence-electron chi connectivity index (χ1n) is 10.1. The van der Waals surface area contributed by atoms with E-state index < -0.39 is 10.0 Å². The highest BCUT2D eigenvalue weighted by atomic mass is 32.2. The number of benzene rings is 2. The second kappa shape index (κ2) is 10.3. The van der Waals surface area contributed by atoms with Gasteiger partial charge >= 0.3 is 0 Å². The lowest BCUT2D eigenvalue weighted by Crippen LogP contribution is -2.31. The van der Waals surface area contributed by atoms with E-state index in [1.807, 2.05) is 50.2 Å². The summed E-state index contributed by atoms with van der Waals surface area (Å²) < 4.78 is 30.2. The summed E-state index contributed by atoms with van der Waals surface area (Å²) in [6.07, 6.45) is 3.51. The first-order valence-corrected chi connectivity index (χ1v) is 13.0. The van der Waals surface area contributed by atoms with Gasteiger partial charge in [0.2, 0.25) is 10.0 Å². The van der Waals surface area contributed by atoms with Crippen molar-refractivity contribution in [1.29, 1.82) is 0 Å². The van der Waals surface area contributed by atoms with E-state index in [9.17, 15) is 13.2 Å². The zero-order valence-electron chi connectivity index (χ0n) is 18.6. The van der Waals surface area contributed by atoms with Crippen LogP contribution in [0.3, 0.4) is 0 Å². The molecular weight excluding hydrogens is 446 g/mol. The molecule has 0 unspecified atom stereocenters. The van der Waals surface area contributed by atoms with Crippen molar-refractivity contribution in [3.05, 3.63) is 64.9 Å². The highest BCUT2D eigenvalue weighted by Gasteiger charge is 2.32. The minimum atomic E-state index is -3.22. The van der Waals surface area contributed by atoms with Crippen LogP contribution in [0.5, 0.6) is 5.75 Å². The molecule has 0 spiro atoms. The number of aliphatic imine (C=N–C) groups is 1. The first-order chi connectivity index (χ1) is 15.2. The molecule has 0 aliphatic carbocycles. The van der Waals surface area contributed by atoms with Gasteiger partial charge in [-0.25, -0.2) is 18.1 Å². The number of sulfonamides is 1. The molecule has 170 valence electrons. The van der Waals surface area contributed by atoms with Gasteiger partial charge in [0, 0.05) is 12.3 Å². The van der Waals surface area contributed by atoms with Crippen LogP contribution in [0.4, 0.5) is 5.69 Å². The average molecular weight is 474 g/mol. The lowest BCUT2D eigenvalue weighted by Gasteiger charge is -2.19. The van der Waals surface area contributed by atoms with Gasteiger partial charge in [-0.15, -0.1) is 0 Å². The van der Waals surface area contributed by atoms with Gasteiger partial charge in [-0.3, -0.25) is 9.69 Å². The highest BCUT2D eigenvalue weighted by molar-refractivity contribution is 8.14. The number of hydrogen-bond donors (Lipinski definition) is 1. The van der Waals surface area contributed by atoms with Gasteiger partial charge in [0.1, 0.15) is 11.4 Å². The number of methoxy groups -OCH3 is 1. The number of carbonyl (C=O) groups excluding carboxylic acids is 1. The van der Waals surface area contributed by atoms with Gasteiger partial charge in [0.05, 0.1) is 19.1 Å². The number of hydrogen-bond acceptors (Lipinski definition) is 6. The summed E-state index contributed by atoms with van der Waals surface area (Å²) >= 11 is 1.43. The summed E-state index contributed by atoms with van der Waals surface area (Å²) in [5.74, 6) is 1.16. The largest absolute Gasteiger partial charge is 0.497 e. The number of anilines is 1. The number of nitrogens with zero attached hydrogens (tertiary/aromatic N) is 2. The molecule has 1 aliphatic rings. The maximum absolute atomic E-state index is 13.3. The lowest BCUT2D eigenvalue weighted by molar-refractivity contribution is -0.113. The Morgan fingerprint density at radius 3 is 2.38 bits per heavy atom. The SMILES string of the molecule is COc1ccc(/C=C2\N=C(SCCCNS(C)(=O)=O)N(c3cc(C)cc(C)c3)C2=O)cc1. The summed E-state index contributed by atoms with van der Waals surface area (Å²) in [5.41, 5.74) is 4.09.